The summed E-state index contributed by atoms with van der Waals surface area (Å²) in [5.41, 5.74) is 7.40. The third-order valence-electron chi connectivity index (χ3n) is 3.00. The van der Waals surface area contributed by atoms with Gasteiger partial charge < -0.3 is 5.73 Å². The Balaban J connectivity index is 2.27. The van der Waals surface area contributed by atoms with Crippen LogP contribution in [-0.4, -0.2) is 15.8 Å². The van der Waals surface area contributed by atoms with E-state index in [-0.39, 0.29) is 11.3 Å². The van der Waals surface area contributed by atoms with Crippen molar-refractivity contribution in [2.45, 2.75) is 29.5 Å². The molecule has 3 nitrogen and oxygen atoms in total. The molecule has 0 bridgehead atoms. The first kappa shape index (κ1) is 14.4. The Morgan fingerprint density at radius 3 is 2.74 bits per heavy atom. The molecule has 0 saturated heterocycles. The van der Waals surface area contributed by atoms with Crippen molar-refractivity contribution in [3.05, 3.63) is 47.2 Å². The fourth-order valence-corrected chi connectivity index (χ4v) is 3.39. The molecule has 1 heterocycles. The summed E-state index contributed by atoms with van der Waals surface area (Å²) in [5.74, 6) is 0. The maximum absolute atomic E-state index is 6.26. The molecule has 19 heavy (non-hydrogen) atoms. The van der Waals surface area contributed by atoms with Crippen LogP contribution in [0.3, 0.4) is 0 Å². The summed E-state index contributed by atoms with van der Waals surface area (Å²) in [6.45, 7) is 2.10. The molecule has 5 heteroatoms. The van der Waals surface area contributed by atoms with Gasteiger partial charge in [0, 0.05) is 29.7 Å². The molecule has 0 saturated carbocycles. The van der Waals surface area contributed by atoms with Gasteiger partial charge in [-0.25, -0.2) is 0 Å². The number of thioether (sulfide) groups is 1. The van der Waals surface area contributed by atoms with E-state index in [1.807, 2.05) is 43.7 Å². The summed E-state index contributed by atoms with van der Waals surface area (Å²) in [6.07, 6.45) is 4.81. The third kappa shape index (κ3) is 3.53. The monoisotopic (exact) mass is 295 g/mol. The molecule has 0 fully saturated rings. The van der Waals surface area contributed by atoms with E-state index in [0.717, 1.165) is 21.9 Å². The minimum atomic E-state index is 0.0745. The summed E-state index contributed by atoms with van der Waals surface area (Å²) < 4.78 is 1.80. The normalized spacial score (nSPS) is 14.3. The summed E-state index contributed by atoms with van der Waals surface area (Å²) >= 11 is 7.93. The first-order chi connectivity index (χ1) is 9.11. The first-order valence-corrected chi connectivity index (χ1v) is 7.53. The van der Waals surface area contributed by atoms with Crippen LogP contribution in [0.2, 0.25) is 5.02 Å². The van der Waals surface area contributed by atoms with Crippen LogP contribution in [0.25, 0.3) is 0 Å². The SMILES string of the molecule is CCC(N)C(Sc1ccccc1Cl)c1cnn(C)c1. The van der Waals surface area contributed by atoms with E-state index in [9.17, 15) is 0 Å². The van der Waals surface area contributed by atoms with Crippen LogP contribution in [0.1, 0.15) is 24.2 Å². The highest BCUT2D eigenvalue weighted by Gasteiger charge is 2.22. The smallest absolute Gasteiger partial charge is 0.0542 e. The predicted octanol–water partition coefficient (Wildman–Crippen LogP) is 3.64. The van der Waals surface area contributed by atoms with E-state index in [1.165, 1.54) is 0 Å². The highest BCUT2D eigenvalue weighted by molar-refractivity contribution is 7.99. The highest BCUT2D eigenvalue weighted by atomic mass is 35.5. The van der Waals surface area contributed by atoms with Gasteiger partial charge in [0.05, 0.1) is 16.5 Å². The summed E-state index contributed by atoms with van der Waals surface area (Å²) in [4.78, 5) is 1.06. The van der Waals surface area contributed by atoms with Crippen molar-refractivity contribution in [2.24, 2.45) is 12.8 Å². The van der Waals surface area contributed by atoms with Crippen LogP contribution in [0.15, 0.2) is 41.6 Å². The van der Waals surface area contributed by atoms with Gasteiger partial charge in [0.1, 0.15) is 0 Å². The fourth-order valence-electron chi connectivity index (χ4n) is 1.88. The van der Waals surface area contributed by atoms with Gasteiger partial charge >= 0.3 is 0 Å². The highest BCUT2D eigenvalue weighted by Crippen LogP contribution is 2.40. The molecule has 102 valence electrons. The molecule has 2 N–H and O–H groups in total. The number of hydrogen-bond acceptors (Lipinski definition) is 3. The molecule has 0 aliphatic rings. The van der Waals surface area contributed by atoms with Crippen molar-refractivity contribution >= 4 is 23.4 Å². The van der Waals surface area contributed by atoms with E-state index >= 15 is 0 Å². The third-order valence-corrected chi connectivity index (χ3v) is 4.93. The zero-order valence-corrected chi connectivity index (χ0v) is 12.7. The van der Waals surface area contributed by atoms with Crippen LogP contribution in [0.5, 0.6) is 0 Å². The second kappa shape index (κ2) is 6.46. The van der Waals surface area contributed by atoms with Crippen molar-refractivity contribution < 1.29 is 0 Å². The molecule has 2 rings (SSSR count). The molecule has 2 unspecified atom stereocenters. The number of aryl methyl sites for hydroxylation is 1. The summed E-state index contributed by atoms with van der Waals surface area (Å²) in [6, 6.07) is 7.93. The Labute approximate surface area is 123 Å². The molecule has 0 radical (unpaired) electrons. The van der Waals surface area contributed by atoms with Crippen LogP contribution in [0, 0.1) is 0 Å². The lowest BCUT2D eigenvalue weighted by atomic mass is 10.1. The number of rotatable bonds is 5. The van der Waals surface area contributed by atoms with Gasteiger partial charge in [0.2, 0.25) is 0 Å². The summed E-state index contributed by atoms with van der Waals surface area (Å²) in [7, 11) is 1.91. The van der Waals surface area contributed by atoms with Gasteiger partial charge in [-0.05, 0) is 18.6 Å². The Morgan fingerprint density at radius 1 is 1.42 bits per heavy atom. The maximum Gasteiger partial charge on any atom is 0.0542 e. The average molecular weight is 296 g/mol. The first-order valence-electron chi connectivity index (χ1n) is 6.27. The van der Waals surface area contributed by atoms with Crippen LogP contribution in [-0.2, 0) is 7.05 Å². The topological polar surface area (TPSA) is 43.8 Å². The van der Waals surface area contributed by atoms with Crippen LogP contribution >= 0.6 is 23.4 Å². The molecule has 1 aromatic heterocycles. The van der Waals surface area contributed by atoms with Gasteiger partial charge in [-0.1, -0.05) is 30.7 Å². The van der Waals surface area contributed by atoms with E-state index in [4.69, 9.17) is 17.3 Å². The molecular formula is C14H18ClN3S. The molecular weight excluding hydrogens is 278 g/mol. The zero-order valence-electron chi connectivity index (χ0n) is 11.1. The van der Waals surface area contributed by atoms with Crippen molar-refractivity contribution in [3.8, 4) is 0 Å². The molecule has 0 aliphatic carbocycles. The number of nitrogens with zero attached hydrogens (tertiary/aromatic N) is 2. The second-order valence-corrected chi connectivity index (χ2v) is 6.08. The maximum atomic E-state index is 6.26. The largest absolute Gasteiger partial charge is 0.326 e. The number of halogens is 1. The number of aromatic nitrogens is 2. The zero-order chi connectivity index (χ0) is 13.8. The predicted molar refractivity (Wildman–Crippen MR) is 81.5 cm³/mol. The lowest BCUT2D eigenvalue weighted by Gasteiger charge is -2.21. The number of benzene rings is 1. The number of nitrogens with two attached hydrogens (primary N) is 1. The summed E-state index contributed by atoms with van der Waals surface area (Å²) in [5, 5.41) is 5.17. The molecule has 1 aromatic carbocycles. The van der Waals surface area contributed by atoms with Crippen molar-refractivity contribution in [3.63, 3.8) is 0 Å². The molecule has 0 aliphatic heterocycles. The quantitative estimate of drug-likeness (QED) is 0.857. The van der Waals surface area contributed by atoms with E-state index < -0.39 is 0 Å². The van der Waals surface area contributed by atoms with E-state index in [0.29, 0.717) is 0 Å². The standard InChI is InChI=1S/C14H18ClN3S/c1-3-12(16)14(10-8-17-18(2)9-10)19-13-7-5-4-6-11(13)15/h4-9,12,14H,3,16H2,1-2H3. The number of hydrogen-bond donors (Lipinski definition) is 1. The van der Waals surface area contributed by atoms with Gasteiger partial charge in [-0.15, -0.1) is 11.8 Å². The Hall–Kier alpha value is -0.970. The van der Waals surface area contributed by atoms with Crippen LogP contribution < -0.4 is 5.73 Å². The molecule has 2 atom stereocenters. The van der Waals surface area contributed by atoms with Crippen LogP contribution in [0.4, 0.5) is 0 Å². The Bertz CT molecular complexity index is 541. The molecule has 0 spiro atoms. The molecule has 0 amide bonds. The van der Waals surface area contributed by atoms with Gasteiger partial charge in [0.25, 0.3) is 0 Å². The second-order valence-electron chi connectivity index (χ2n) is 4.49. The minimum absolute atomic E-state index is 0.0745. The van der Waals surface area contributed by atoms with Gasteiger partial charge in [-0.2, -0.15) is 5.10 Å². The van der Waals surface area contributed by atoms with Gasteiger partial charge in [-0.3, -0.25) is 4.68 Å². The van der Waals surface area contributed by atoms with E-state index in [2.05, 4.69) is 12.0 Å². The minimum Gasteiger partial charge on any atom is -0.326 e. The van der Waals surface area contributed by atoms with E-state index in [1.54, 1.807) is 16.4 Å². The Kier molecular flexibility index (Phi) is 4.91. The lowest BCUT2D eigenvalue weighted by Crippen LogP contribution is -2.25. The van der Waals surface area contributed by atoms with Crippen molar-refractivity contribution in [1.82, 2.24) is 9.78 Å². The average Bonchev–Trinajstić information content (AvgIpc) is 2.83. The van der Waals surface area contributed by atoms with Crippen molar-refractivity contribution in [2.75, 3.05) is 0 Å². The fraction of sp³-hybridized carbons (Fsp3) is 0.357. The van der Waals surface area contributed by atoms with Crippen molar-refractivity contribution in [1.29, 1.82) is 0 Å². The lowest BCUT2D eigenvalue weighted by molar-refractivity contribution is 0.633. The van der Waals surface area contributed by atoms with Gasteiger partial charge in [0.15, 0.2) is 0 Å². The molecule has 2 aromatic rings. The Morgan fingerprint density at radius 2 is 2.16 bits per heavy atom.